The lowest BCUT2D eigenvalue weighted by Gasteiger charge is -2.13. The van der Waals surface area contributed by atoms with E-state index in [4.69, 9.17) is 11.6 Å². The summed E-state index contributed by atoms with van der Waals surface area (Å²) in [6.45, 7) is 0. The topological polar surface area (TPSA) is 57.6 Å². The fraction of sp³-hybridized carbons (Fsp3) is 0. The van der Waals surface area contributed by atoms with Crippen LogP contribution >= 0.6 is 11.6 Å². The smallest absolute Gasteiger partial charge is 0.283 e. The average Bonchev–Trinajstić information content (AvgIpc) is 2.46. The van der Waals surface area contributed by atoms with Crippen molar-refractivity contribution in [2.75, 3.05) is 5.06 Å². The third kappa shape index (κ3) is 2.99. The molecule has 0 saturated heterocycles. The van der Waals surface area contributed by atoms with E-state index < -0.39 is 11.7 Å². The van der Waals surface area contributed by atoms with Crippen molar-refractivity contribution in [3.63, 3.8) is 0 Å². The number of carbonyl (C=O) groups is 2. The molecule has 1 N–H and O–H groups in total. The molecule has 0 aliphatic heterocycles. The molecule has 1 amide bonds. The van der Waals surface area contributed by atoms with Crippen LogP contribution in [0.5, 0.6) is 0 Å². The van der Waals surface area contributed by atoms with Crippen molar-refractivity contribution >= 4 is 29.0 Å². The van der Waals surface area contributed by atoms with Gasteiger partial charge in [0.15, 0.2) is 0 Å². The maximum atomic E-state index is 11.8. The van der Waals surface area contributed by atoms with E-state index in [1.54, 1.807) is 18.2 Å². The van der Waals surface area contributed by atoms with E-state index >= 15 is 0 Å². The number of amides is 1. The molecule has 0 aromatic heterocycles. The van der Waals surface area contributed by atoms with Gasteiger partial charge in [-0.15, -0.1) is 0 Å². The first-order chi connectivity index (χ1) is 9.09. The molecule has 0 bridgehead atoms. The molecule has 0 radical (unpaired) electrons. The van der Waals surface area contributed by atoms with E-state index in [1.165, 1.54) is 36.4 Å². The predicted octanol–water partition coefficient (Wildman–Crippen LogP) is 2.95. The Hall–Kier alpha value is -2.17. The number of Topliss-reactive ketones (excluding diaryl/α,β-unsaturated/α-hetero) is 1. The van der Waals surface area contributed by atoms with Crippen molar-refractivity contribution in [1.29, 1.82) is 0 Å². The Morgan fingerprint density at radius 3 is 2.11 bits per heavy atom. The van der Waals surface area contributed by atoms with E-state index in [0.29, 0.717) is 10.1 Å². The molecular formula is C14H10ClNO3. The van der Waals surface area contributed by atoms with Crippen molar-refractivity contribution in [2.45, 2.75) is 0 Å². The fourth-order valence-electron chi connectivity index (χ4n) is 1.51. The molecule has 0 unspecified atom stereocenters. The summed E-state index contributed by atoms with van der Waals surface area (Å²) in [5.74, 6) is -1.80. The SMILES string of the molecule is O=C(C(=O)N(O)c1ccc(Cl)cc1)c1ccccc1. The molecule has 2 aromatic rings. The number of hydroxylamine groups is 1. The highest BCUT2D eigenvalue weighted by molar-refractivity contribution is 6.46. The summed E-state index contributed by atoms with van der Waals surface area (Å²) in [6.07, 6.45) is 0. The summed E-state index contributed by atoms with van der Waals surface area (Å²) >= 11 is 5.70. The van der Waals surface area contributed by atoms with Crippen LogP contribution in [0.3, 0.4) is 0 Å². The maximum absolute atomic E-state index is 11.8. The Balaban J connectivity index is 2.20. The first-order valence-corrected chi connectivity index (χ1v) is 5.85. The van der Waals surface area contributed by atoms with Crippen molar-refractivity contribution < 1.29 is 14.8 Å². The number of nitrogens with zero attached hydrogens (tertiary/aromatic N) is 1. The summed E-state index contributed by atoms with van der Waals surface area (Å²) in [7, 11) is 0. The molecule has 0 saturated carbocycles. The first-order valence-electron chi connectivity index (χ1n) is 5.48. The van der Waals surface area contributed by atoms with Gasteiger partial charge in [-0.25, -0.2) is 0 Å². The van der Waals surface area contributed by atoms with Crippen molar-refractivity contribution in [3.8, 4) is 0 Å². The van der Waals surface area contributed by atoms with Gasteiger partial charge in [0.05, 0.1) is 5.69 Å². The zero-order valence-corrected chi connectivity index (χ0v) is 10.5. The lowest BCUT2D eigenvalue weighted by molar-refractivity contribution is -0.119. The minimum atomic E-state index is -1.02. The fourth-order valence-corrected chi connectivity index (χ4v) is 1.63. The molecule has 0 aliphatic carbocycles. The largest absolute Gasteiger partial charge is 0.323 e. The minimum absolute atomic E-state index is 0.179. The first kappa shape index (κ1) is 13.3. The van der Waals surface area contributed by atoms with Gasteiger partial charge in [-0.3, -0.25) is 14.8 Å². The van der Waals surface area contributed by atoms with Gasteiger partial charge in [0, 0.05) is 10.6 Å². The van der Waals surface area contributed by atoms with Crippen LogP contribution in [0.25, 0.3) is 0 Å². The number of carbonyl (C=O) groups excluding carboxylic acids is 2. The molecule has 4 nitrogen and oxygen atoms in total. The summed E-state index contributed by atoms with van der Waals surface area (Å²) in [4.78, 5) is 23.7. The van der Waals surface area contributed by atoms with Gasteiger partial charge in [0.2, 0.25) is 0 Å². The minimum Gasteiger partial charge on any atom is -0.283 e. The standard InChI is InChI=1S/C14H10ClNO3/c15-11-6-8-12(9-7-11)16(19)14(18)13(17)10-4-2-1-3-5-10/h1-9,19H. The monoisotopic (exact) mass is 275 g/mol. The average molecular weight is 276 g/mol. The molecule has 2 aromatic carbocycles. The van der Waals surface area contributed by atoms with Crippen molar-refractivity contribution in [2.24, 2.45) is 0 Å². The van der Waals surface area contributed by atoms with E-state index in [0.717, 1.165) is 0 Å². The Morgan fingerprint density at radius 2 is 1.53 bits per heavy atom. The highest BCUT2D eigenvalue weighted by atomic mass is 35.5. The van der Waals surface area contributed by atoms with Gasteiger partial charge in [-0.05, 0) is 24.3 Å². The van der Waals surface area contributed by atoms with E-state index in [2.05, 4.69) is 0 Å². The van der Waals surface area contributed by atoms with Gasteiger partial charge < -0.3 is 0 Å². The lowest BCUT2D eigenvalue weighted by Crippen LogP contribution is -2.33. The highest BCUT2D eigenvalue weighted by Gasteiger charge is 2.23. The molecule has 19 heavy (non-hydrogen) atoms. The molecule has 5 heteroatoms. The third-order valence-electron chi connectivity index (χ3n) is 2.49. The van der Waals surface area contributed by atoms with Crippen LogP contribution in [0.1, 0.15) is 10.4 Å². The van der Waals surface area contributed by atoms with Crippen LogP contribution in [0, 0.1) is 0 Å². The summed E-state index contributed by atoms with van der Waals surface area (Å²) in [5.41, 5.74) is 0.402. The van der Waals surface area contributed by atoms with Crippen LogP contribution in [0.4, 0.5) is 5.69 Å². The second kappa shape index (κ2) is 5.65. The quantitative estimate of drug-likeness (QED) is 0.405. The molecule has 0 spiro atoms. The molecule has 0 fully saturated rings. The second-order valence-corrected chi connectivity index (χ2v) is 4.22. The number of halogens is 1. The van der Waals surface area contributed by atoms with Crippen LogP contribution < -0.4 is 5.06 Å². The van der Waals surface area contributed by atoms with Crippen molar-refractivity contribution in [1.82, 2.24) is 0 Å². The Bertz CT molecular complexity index is 596. The van der Waals surface area contributed by atoms with E-state index in [9.17, 15) is 14.8 Å². The highest BCUT2D eigenvalue weighted by Crippen LogP contribution is 2.17. The van der Waals surface area contributed by atoms with Crippen LogP contribution in [-0.2, 0) is 4.79 Å². The number of hydrogen-bond donors (Lipinski definition) is 1. The van der Waals surface area contributed by atoms with E-state index in [-0.39, 0.29) is 11.3 Å². The summed E-state index contributed by atoms with van der Waals surface area (Å²) in [5, 5.41) is 10.5. The molecule has 2 rings (SSSR count). The zero-order valence-electron chi connectivity index (χ0n) is 9.79. The lowest BCUT2D eigenvalue weighted by atomic mass is 10.1. The molecule has 0 atom stereocenters. The number of benzene rings is 2. The predicted molar refractivity (Wildman–Crippen MR) is 71.5 cm³/mol. The molecule has 96 valence electrons. The van der Waals surface area contributed by atoms with Gasteiger partial charge in [0.25, 0.3) is 5.78 Å². The summed E-state index contributed by atoms with van der Waals surface area (Å²) in [6, 6.07) is 14.0. The van der Waals surface area contributed by atoms with Crippen LogP contribution in [0.2, 0.25) is 5.02 Å². The second-order valence-electron chi connectivity index (χ2n) is 3.79. The van der Waals surface area contributed by atoms with Gasteiger partial charge in [-0.2, -0.15) is 5.06 Å². The molecule has 0 aliphatic rings. The van der Waals surface area contributed by atoms with Crippen LogP contribution in [-0.4, -0.2) is 16.9 Å². The summed E-state index contributed by atoms with van der Waals surface area (Å²) < 4.78 is 0. The Morgan fingerprint density at radius 1 is 0.947 bits per heavy atom. The zero-order chi connectivity index (χ0) is 13.8. The van der Waals surface area contributed by atoms with Gasteiger partial charge in [0.1, 0.15) is 0 Å². The van der Waals surface area contributed by atoms with Gasteiger partial charge in [-0.1, -0.05) is 41.9 Å². The number of rotatable bonds is 3. The Labute approximate surface area is 114 Å². The number of hydrogen-bond acceptors (Lipinski definition) is 3. The van der Waals surface area contributed by atoms with Crippen molar-refractivity contribution in [3.05, 3.63) is 65.2 Å². The normalized spacial score (nSPS) is 10.0. The number of ketones is 1. The Kier molecular flexibility index (Phi) is 3.94. The van der Waals surface area contributed by atoms with E-state index in [1.807, 2.05) is 0 Å². The van der Waals surface area contributed by atoms with Crippen LogP contribution in [0.15, 0.2) is 54.6 Å². The third-order valence-corrected chi connectivity index (χ3v) is 2.75. The molecule has 0 heterocycles. The number of anilines is 1. The van der Waals surface area contributed by atoms with Gasteiger partial charge >= 0.3 is 5.91 Å². The molecular weight excluding hydrogens is 266 g/mol. The maximum Gasteiger partial charge on any atom is 0.323 e.